The summed E-state index contributed by atoms with van der Waals surface area (Å²) < 4.78 is 6.21. The van der Waals surface area contributed by atoms with Crippen LogP contribution in [0.15, 0.2) is 27.2 Å². The molecule has 0 saturated carbocycles. The van der Waals surface area contributed by atoms with Crippen molar-refractivity contribution in [2.75, 3.05) is 23.7 Å². The Morgan fingerprint density at radius 2 is 1.90 bits per heavy atom. The summed E-state index contributed by atoms with van der Waals surface area (Å²) in [5.41, 5.74) is 7.35. The number of nitrogens with zero attached hydrogens (tertiary/aromatic N) is 3. The van der Waals surface area contributed by atoms with Crippen molar-refractivity contribution in [3.63, 3.8) is 0 Å². The quantitative estimate of drug-likeness (QED) is 0.850. The molecule has 0 aliphatic carbocycles. The van der Waals surface area contributed by atoms with Crippen molar-refractivity contribution in [2.24, 2.45) is 0 Å². The maximum Gasteiger partial charge on any atom is 0.266 e. The molecular formula is C14H17BrN4O. The lowest BCUT2D eigenvalue weighted by Crippen LogP contribution is -2.24. The first-order valence-electron chi connectivity index (χ1n) is 6.88. The van der Waals surface area contributed by atoms with E-state index in [1.54, 1.807) is 0 Å². The first-order valence-corrected chi connectivity index (χ1v) is 7.67. The van der Waals surface area contributed by atoms with Crippen LogP contribution < -0.4 is 10.6 Å². The number of anilines is 2. The van der Waals surface area contributed by atoms with E-state index in [0.29, 0.717) is 17.5 Å². The molecule has 106 valence electrons. The Morgan fingerprint density at radius 3 is 2.60 bits per heavy atom. The molecule has 1 aliphatic heterocycles. The highest BCUT2D eigenvalue weighted by Crippen LogP contribution is 2.27. The molecule has 0 bridgehead atoms. The van der Waals surface area contributed by atoms with E-state index in [1.807, 2.05) is 18.2 Å². The monoisotopic (exact) mass is 336 g/mol. The zero-order valence-corrected chi connectivity index (χ0v) is 12.8. The molecule has 20 heavy (non-hydrogen) atoms. The van der Waals surface area contributed by atoms with Gasteiger partial charge in [-0.1, -0.05) is 12.8 Å². The van der Waals surface area contributed by atoms with E-state index in [1.165, 1.54) is 25.7 Å². The molecule has 0 spiro atoms. The van der Waals surface area contributed by atoms with Gasteiger partial charge in [0.05, 0.1) is 0 Å². The van der Waals surface area contributed by atoms with Crippen molar-refractivity contribution >= 4 is 27.6 Å². The number of benzene rings is 1. The predicted octanol–water partition coefficient (Wildman–Crippen LogP) is 3.46. The zero-order chi connectivity index (χ0) is 13.9. The highest BCUT2D eigenvalue weighted by molar-refractivity contribution is 9.10. The van der Waals surface area contributed by atoms with Gasteiger partial charge in [-0.15, -0.1) is 0 Å². The van der Waals surface area contributed by atoms with Gasteiger partial charge in [0.1, 0.15) is 0 Å². The topological polar surface area (TPSA) is 68.2 Å². The van der Waals surface area contributed by atoms with Crippen LogP contribution in [0.1, 0.15) is 25.7 Å². The van der Waals surface area contributed by atoms with Gasteiger partial charge in [-0.2, -0.15) is 4.98 Å². The second-order valence-corrected chi connectivity index (χ2v) is 5.89. The standard InChI is InChI=1S/C14H17BrN4O/c15-11-9-10(5-6-12(11)16)13-17-14(18-20-13)19-7-3-1-2-4-8-19/h5-6,9H,1-4,7-8,16H2. The number of aromatic nitrogens is 2. The molecule has 5 nitrogen and oxygen atoms in total. The Morgan fingerprint density at radius 1 is 1.15 bits per heavy atom. The summed E-state index contributed by atoms with van der Waals surface area (Å²) in [5.74, 6) is 1.22. The van der Waals surface area contributed by atoms with E-state index in [4.69, 9.17) is 10.3 Å². The van der Waals surface area contributed by atoms with Crippen LogP contribution in [0.5, 0.6) is 0 Å². The van der Waals surface area contributed by atoms with E-state index in [-0.39, 0.29) is 0 Å². The van der Waals surface area contributed by atoms with Crippen LogP contribution in [-0.2, 0) is 0 Å². The third-order valence-electron chi connectivity index (χ3n) is 3.55. The second-order valence-electron chi connectivity index (χ2n) is 5.04. The summed E-state index contributed by atoms with van der Waals surface area (Å²) in [6, 6.07) is 5.62. The average molecular weight is 337 g/mol. The van der Waals surface area contributed by atoms with Gasteiger partial charge in [0.15, 0.2) is 0 Å². The fourth-order valence-corrected chi connectivity index (χ4v) is 2.77. The van der Waals surface area contributed by atoms with Crippen LogP contribution in [-0.4, -0.2) is 23.2 Å². The first-order chi connectivity index (χ1) is 9.74. The molecule has 6 heteroatoms. The zero-order valence-electron chi connectivity index (χ0n) is 11.2. The van der Waals surface area contributed by atoms with Crippen LogP contribution in [0, 0.1) is 0 Å². The summed E-state index contributed by atoms with van der Waals surface area (Å²) >= 11 is 3.41. The largest absolute Gasteiger partial charge is 0.398 e. The van der Waals surface area contributed by atoms with Crippen LogP contribution in [0.25, 0.3) is 11.5 Å². The molecule has 2 N–H and O–H groups in total. The van der Waals surface area contributed by atoms with Gasteiger partial charge in [-0.3, -0.25) is 0 Å². The highest BCUT2D eigenvalue weighted by atomic mass is 79.9. The lowest BCUT2D eigenvalue weighted by molar-refractivity contribution is 0.429. The maximum absolute atomic E-state index is 5.78. The maximum atomic E-state index is 5.78. The van der Waals surface area contributed by atoms with E-state index < -0.39 is 0 Å². The van der Waals surface area contributed by atoms with Crippen LogP contribution in [0.2, 0.25) is 0 Å². The molecule has 0 radical (unpaired) electrons. The minimum absolute atomic E-state index is 0.532. The molecule has 1 fully saturated rings. The minimum atomic E-state index is 0.532. The van der Waals surface area contributed by atoms with Gasteiger partial charge in [0, 0.05) is 28.8 Å². The van der Waals surface area contributed by atoms with Gasteiger partial charge in [0.2, 0.25) is 0 Å². The predicted molar refractivity (Wildman–Crippen MR) is 82.5 cm³/mol. The lowest BCUT2D eigenvalue weighted by atomic mass is 10.2. The molecule has 1 saturated heterocycles. The van der Waals surface area contributed by atoms with Crippen molar-refractivity contribution in [2.45, 2.75) is 25.7 Å². The molecule has 0 amide bonds. The number of nitrogen functional groups attached to an aromatic ring is 1. The average Bonchev–Trinajstić information content (AvgIpc) is 2.78. The lowest BCUT2D eigenvalue weighted by Gasteiger charge is -2.16. The molecule has 2 aromatic rings. The number of hydrogen-bond acceptors (Lipinski definition) is 5. The Bertz CT molecular complexity index is 591. The molecule has 3 rings (SSSR count). The second kappa shape index (κ2) is 5.83. The first kappa shape index (κ1) is 13.4. The van der Waals surface area contributed by atoms with E-state index in [0.717, 1.165) is 23.1 Å². The molecule has 0 unspecified atom stereocenters. The molecule has 1 aromatic carbocycles. The van der Waals surface area contributed by atoms with Gasteiger partial charge >= 0.3 is 0 Å². The van der Waals surface area contributed by atoms with E-state index in [2.05, 4.69) is 31.0 Å². The minimum Gasteiger partial charge on any atom is -0.398 e. The smallest absolute Gasteiger partial charge is 0.266 e. The number of rotatable bonds is 2. The number of hydrogen-bond donors (Lipinski definition) is 1. The normalized spacial score (nSPS) is 16.1. The van der Waals surface area contributed by atoms with Crippen LogP contribution >= 0.6 is 15.9 Å². The molecule has 1 aromatic heterocycles. The van der Waals surface area contributed by atoms with Crippen LogP contribution in [0.4, 0.5) is 11.6 Å². The van der Waals surface area contributed by atoms with Gasteiger partial charge in [-0.05, 0) is 52.1 Å². The Kier molecular flexibility index (Phi) is 3.91. The highest BCUT2D eigenvalue weighted by Gasteiger charge is 2.17. The van der Waals surface area contributed by atoms with E-state index >= 15 is 0 Å². The number of nitrogens with two attached hydrogens (primary N) is 1. The number of halogens is 1. The van der Waals surface area contributed by atoms with Crippen molar-refractivity contribution < 1.29 is 4.52 Å². The molecule has 0 atom stereocenters. The Balaban J connectivity index is 1.83. The third kappa shape index (κ3) is 2.80. The summed E-state index contributed by atoms with van der Waals surface area (Å²) in [7, 11) is 0. The molecular weight excluding hydrogens is 320 g/mol. The van der Waals surface area contributed by atoms with Gasteiger partial charge in [-0.25, -0.2) is 0 Å². The van der Waals surface area contributed by atoms with Crippen molar-refractivity contribution in [3.05, 3.63) is 22.7 Å². The molecule has 2 heterocycles. The Labute approximate surface area is 126 Å². The van der Waals surface area contributed by atoms with Crippen molar-refractivity contribution in [1.29, 1.82) is 0 Å². The SMILES string of the molecule is Nc1ccc(-c2nc(N3CCCCCC3)no2)cc1Br. The van der Waals surface area contributed by atoms with E-state index in [9.17, 15) is 0 Å². The molecule has 1 aliphatic rings. The summed E-state index contributed by atoms with van der Waals surface area (Å²) in [5, 5.41) is 4.10. The van der Waals surface area contributed by atoms with Crippen molar-refractivity contribution in [3.8, 4) is 11.5 Å². The van der Waals surface area contributed by atoms with Crippen molar-refractivity contribution in [1.82, 2.24) is 10.1 Å². The summed E-state index contributed by atoms with van der Waals surface area (Å²) in [6.45, 7) is 2.01. The van der Waals surface area contributed by atoms with Gasteiger partial charge in [0.25, 0.3) is 11.8 Å². The fourth-order valence-electron chi connectivity index (χ4n) is 2.39. The fraction of sp³-hybridized carbons (Fsp3) is 0.429. The van der Waals surface area contributed by atoms with Gasteiger partial charge < -0.3 is 15.2 Å². The van der Waals surface area contributed by atoms with Crippen LogP contribution in [0.3, 0.4) is 0 Å². The Hall–Kier alpha value is -1.56. The third-order valence-corrected chi connectivity index (χ3v) is 4.24. The summed E-state index contributed by atoms with van der Waals surface area (Å²) in [4.78, 5) is 6.70. The summed E-state index contributed by atoms with van der Waals surface area (Å²) in [6.07, 6.45) is 4.95.